The minimum absolute atomic E-state index is 0.308. The summed E-state index contributed by atoms with van der Waals surface area (Å²) in [6.45, 7) is 12.5. The van der Waals surface area contributed by atoms with Crippen molar-refractivity contribution in [2.45, 2.75) is 46.1 Å². The molecule has 15 heavy (non-hydrogen) atoms. The lowest BCUT2D eigenvalue weighted by Gasteiger charge is -2.40. The molecule has 0 fully saturated rings. The average molecular weight is 208 g/mol. The van der Waals surface area contributed by atoms with Gasteiger partial charge in [-0.3, -0.25) is 0 Å². The second kappa shape index (κ2) is 4.89. The highest BCUT2D eigenvalue weighted by Gasteiger charge is 2.38. The second-order valence-corrected chi connectivity index (χ2v) is 4.20. The van der Waals surface area contributed by atoms with E-state index < -0.39 is 0 Å². The van der Waals surface area contributed by atoms with Crippen LogP contribution in [0.4, 0.5) is 0 Å². The fourth-order valence-electron chi connectivity index (χ4n) is 2.31. The maximum atomic E-state index is 5.77. The first kappa shape index (κ1) is 12.4. The van der Waals surface area contributed by atoms with Gasteiger partial charge in [-0.05, 0) is 12.3 Å². The molecule has 0 spiro atoms. The van der Waals surface area contributed by atoms with Gasteiger partial charge in [-0.1, -0.05) is 40.3 Å². The van der Waals surface area contributed by atoms with Crippen LogP contribution in [0.15, 0.2) is 24.0 Å². The first-order valence-electron chi connectivity index (χ1n) is 5.75. The molecule has 2 nitrogen and oxygen atoms in total. The van der Waals surface area contributed by atoms with E-state index in [9.17, 15) is 0 Å². The van der Waals surface area contributed by atoms with Gasteiger partial charge in [0.15, 0.2) is 0 Å². The van der Waals surface area contributed by atoms with Crippen LogP contribution in [0.3, 0.4) is 0 Å². The van der Waals surface area contributed by atoms with Gasteiger partial charge in [0.25, 0.3) is 0 Å². The largest absolute Gasteiger partial charge is 0.542 e. The van der Waals surface area contributed by atoms with Gasteiger partial charge in [0.05, 0.1) is 11.4 Å². The van der Waals surface area contributed by atoms with Gasteiger partial charge >= 0.3 is 7.69 Å². The Balaban J connectivity index is 3.21. The van der Waals surface area contributed by atoms with Crippen LogP contribution < -0.4 is 0 Å². The minimum Gasteiger partial charge on any atom is -0.542 e. The van der Waals surface area contributed by atoms with Gasteiger partial charge in [-0.15, -0.1) is 0 Å². The van der Waals surface area contributed by atoms with E-state index in [1.165, 1.54) is 5.57 Å². The zero-order valence-electron chi connectivity index (χ0n) is 10.3. The molecule has 1 rings (SSSR count). The number of hydrogen-bond donors (Lipinski definition) is 0. The normalized spacial score (nSPS) is 26.2. The number of hydrogen-bond acceptors (Lipinski definition) is 2. The highest BCUT2D eigenvalue weighted by atomic mass is 16.6. The van der Waals surface area contributed by atoms with E-state index in [-0.39, 0.29) is 5.60 Å². The third-order valence-corrected chi connectivity index (χ3v) is 3.06. The van der Waals surface area contributed by atoms with Gasteiger partial charge in [-0.25, -0.2) is 0 Å². The fraction of sp³-hybridized carbons (Fsp3) is 0.667. The molecule has 84 valence electrons. The Bertz CT molecular complexity index is 271. The quantitative estimate of drug-likeness (QED) is 0.522. The molecule has 0 aromatic heterocycles. The van der Waals surface area contributed by atoms with Gasteiger partial charge in [-0.2, -0.15) is 0 Å². The van der Waals surface area contributed by atoms with Gasteiger partial charge in [0.2, 0.25) is 0 Å². The van der Waals surface area contributed by atoms with E-state index in [2.05, 4.69) is 34.3 Å². The van der Waals surface area contributed by atoms with Crippen LogP contribution in [-0.2, 0) is 9.31 Å². The summed E-state index contributed by atoms with van der Waals surface area (Å²) in [6, 6.07) is 0. The highest BCUT2D eigenvalue weighted by Crippen LogP contribution is 2.38. The molecule has 0 aromatic rings. The summed E-state index contributed by atoms with van der Waals surface area (Å²) in [4.78, 5) is 0. The molecular weight excluding hydrogens is 187 g/mol. The lowest BCUT2D eigenvalue weighted by molar-refractivity contribution is 0.0909. The zero-order chi connectivity index (χ0) is 11.5. The summed E-state index contributed by atoms with van der Waals surface area (Å²) in [5.41, 5.74) is 0.950. The lowest BCUT2D eigenvalue weighted by Crippen LogP contribution is -2.40. The molecule has 0 saturated carbocycles. The molecule has 0 saturated heterocycles. The number of rotatable bonds is 4. The summed E-state index contributed by atoms with van der Waals surface area (Å²) >= 11 is 0. The van der Waals surface area contributed by atoms with Crippen LogP contribution in [0.1, 0.15) is 40.5 Å². The minimum atomic E-state index is -0.308. The predicted octanol–water partition coefficient (Wildman–Crippen LogP) is 2.95. The van der Waals surface area contributed by atoms with Gasteiger partial charge in [0, 0.05) is 12.0 Å². The second-order valence-electron chi connectivity index (χ2n) is 4.20. The van der Waals surface area contributed by atoms with Crippen LogP contribution in [0.5, 0.6) is 0 Å². The first-order valence-corrected chi connectivity index (χ1v) is 5.75. The molecule has 0 radical (unpaired) electrons. The van der Waals surface area contributed by atoms with Crippen molar-refractivity contribution in [3.63, 3.8) is 0 Å². The van der Waals surface area contributed by atoms with Crippen molar-refractivity contribution < 1.29 is 9.31 Å². The summed E-state index contributed by atoms with van der Waals surface area (Å²) in [5.74, 6) is 1.51. The van der Waals surface area contributed by atoms with E-state index in [0.717, 1.165) is 18.6 Å². The predicted molar refractivity (Wildman–Crippen MR) is 64.7 cm³/mol. The molecule has 0 aliphatic carbocycles. The Morgan fingerprint density at radius 2 is 2.13 bits per heavy atom. The standard InChI is InChI=1S/C12H21BO2/c1-6-10-11(9(4)5)12(7-2,8-3)15-13-14-10/h7,9,13H,2,6,8H2,1,3-5H3. The van der Waals surface area contributed by atoms with Crippen molar-refractivity contribution in [2.75, 3.05) is 0 Å². The monoisotopic (exact) mass is 208 g/mol. The van der Waals surface area contributed by atoms with Crippen molar-refractivity contribution in [2.24, 2.45) is 5.92 Å². The Labute approximate surface area is 93.7 Å². The Hall–Kier alpha value is -0.695. The molecule has 3 heteroatoms. The van der Waals surface area contributed by atoms with Gasteiger partial charge in [0.1, 0.15) is 0 Å². The molecule has 1 heterocycles. The summed E-state index contributed by atoms with van der Waals surface area (Å²) < 4.78 is 11.3. The van der Waals surface area contributed by atoms with E-state index >= 15 is 0 Å². The zero-order valence-corrected chi connectivity index (χ0v) is 10.3. The molecule has 1 unspecified atom stereocenters. The van der Waals surface area contributed by atoms with Crippen molar-refractivity contribution in [1.29, 1.82) is 0 Å². The van der Waals surface area contributed by atoms with Crippen molar-refractivity contribution in [3.8, 4) is 0 Å². The van der Waals surface area contributed by atoms with Crippen molar-refractivity contribution in [1.82, 2.24) is 0 Å². The lowest BCUT2D eigenvalue weighted by atomic mass is 9.80. The summed E-state index contributed by atoms with van der Waals surface area (Å²) in [5, 5.41) is 0. The van der Waals surface area contributed by atoms with Gasteiger partial charge < -0.3 is 9.31 Å². The first-order chi connectivity index (χ1) is 7.11. The van der Waals surface area contributed by atoms with E-state index in [4.69, 9.17) is 9.31 Å². The molecule has 1 atom stereocenters. The SMILES string of the molecule is C=CC1(CC)OBOC(CC)=C1C(C)C. The van der Waals surface area contributed by atoms with Crippen LogP contribution in [0.25, 0.3) is 0 Å². The molecule has 0 bridgehead atoms. The molecule has 0 N–H and O–H groups in total. The molecule has 1 aliphatic heterocycles. The molecule has 1 aliphatic rings. The van der Waals surface area contributed by atoms with E-state index in [1.807, 2.05) is 6.08 Å². The fourth-order valence-corrected chi connectivity index (χ4v) is 2.31. The summed E-state index contributed by atoms with van der Waals surface area (Å²) in [7, 11) is 0.346. The van der Waals surface area contributed by atoms with Crippen LogP contribution in [0, 0.1) is 5.92 Å². The van der Waals surface area contributed by atoms with E-state index in [0.29, 0.717) is 13.6 Å². The van der Waals surface area contributed by atoms with Crippen LogP contribution >= 0.6 is 0 Å². The average Bonchev–Trinajstić information content (AvgIpc) is 2.27. The molecule has 0 aromatic carbocycles. The topological polar surface area (TPSA) is 18.5 Å². The van der Waals surface area contributed by atoms with Crippen molar-refractivity contribution >= 4 is 7.69 Å². The van der Waals surface area contributed by atoms with Crippen LogP contribution in [0.2, 0.25) is 0 Å². The van der Waals surface area contributed by atoms with Crippen LogP contribution in [-0.4, -0.2) is 13.3 Å². The third-order valence-electron chi connectivity index (χ3n) is 3.06. The van der Waals surface area contributed by atoms with Crippen molar-refractivity contribution in [3.05, 3.63) is 24.0 Å². The third kappa shape index (κ3) is 2.12. The molecular formula is C12H21BO2. The Kier molecular flexibility index (Phi) is 4.03. The number of allylic oxidation sites excluding steroid dienone is 1. The maximum Gasteiger partial charge on any atom is 0.507 e. The maximum absolute atomic E-state index is 5.77. The highest BCUT2D eigenvalue weighted by molar-refractivity contribution is 6.19. The smallest absolute Gasteiger partial charge is 0.507 e. The molecule has 0 amide bonds. The van der Waals surface area contributed by atoms with E-state index in [1.54, 1.807) is 0 Å². The summed E-state index contributed by atoms with van der Waals surface area (Å²) in [6.07, 6.45) is 3.75. The Morgan fingerprint density at radius 1 is 1.47 bits per heavy atom. The Morgan fingerprint density at radius 3 is 2.53 bits per heavy atom.